The molecule has 0 radical (unpaired) electrons. The number of hydrogen-bond donors (Lipinski definition) is 1. The van der Waals surface area contributed by atoms with Crippen molar-refractivity contribution in [2.24, 2.45) is 0 Å². The number of amides is 2. The third kappa shape index (κ3) is 3.85. The van der Waals surface area contributed by atoms with E-state index in [9.17, 15) is 14.0 Å². The first-order chi connectivity index (χ1) is 16.0. The summed E-state index contributed by atoms with van der Waals surface area (Å²) in [7, 11) is 0. The number of thiazole rings is 1. The summed E-state index contributed by atoms with van der Waals surface area (Å²) in [5.41, 5.74) is 3.02. The van der Waals surface area contributed by atoms with Gasteiger partial charge in [0.1, 0.15) is 5.82 Å². The zero-order valence-electron chi connectivity index (χ0n) is 17.6. The van der Waals surface area contributed by atoms with Crippen LogP contribution in [0.15, 0.2) is 84.2 Å². The number of benzene rings is 3. The van der Waals surface area contributed by atoms with Gasteiger partial charge in [-0.3, -0.25) is 19.4 Å². The third-order valence-electron chi connectivity index (χ3n) is 5.34. The molecule has 6 nitrogen and oxygen atoms in total. The fraction of sp³-hybridized carbons (Fsp3) is 0.0800. The van der Waals surface area contributed by atoms with Gasteiger partial charge in [0.25, 0.3) is 5.91 Å². The minimum Gasteiger partial charge on any atom is -0.359 e. The monoisotopic (exact) mass is 458 g/mol. The summed E-state index contributed by atoms with van der Waals surface area (Å²) in [4.78, 5) is 33.7. The number of nitrogens with zero attached hydrogens (tertiary/aromatic N) is 3. The number of nitrogens with one attached hydrogen (secondary N) is 1. The molecule has 4 aromatic rings. The van der Waals surface area contributed by atoms with E-state index in [1.807, 2.05) is 47.8 Å². The Morgan fingerprint density at radius 1 is 1.03 bits per heavy atom. The van der Waals surface area contributed by atoms with Gasteiger partial charge in [-0.15, -0.1) is 11.3 Å². The van der Waals surface area contributed by atoms with Gasteiger partial charge in [0, 0.05) is 23.7 Å². The molecule has 0 bridgehead atoms. The third-order valence-corrected chi connectivity index (χ3v) is 6.19. The predicted octanol–water partition coefficient (Wildman–Crippen LogP) is 5.74. The molecule has 5 rings (SSSR count). The maximum absolute atomic E-state index is 13.6. The van der Waals surface area contributed by atoms with Gasteiger partial charge in [0.2, 0.25) is 5.91 Å². The largest absolute Gasteiger partial charge is 0.359 e. The van der Waals surface area contributed by atoms with Gasteiger partial charge in [-0.1, -0.05) is 30.3 Å². The standard InChI is InChI=1S/C25H19FN4O2S/c1-16(31)29(18-7-3-2-4-8-18)25-28-22(15-33-25)23-27-21-10-6-5-9-20(21)24(32)30(23)19-13-11-17(26)12-14-19/h2-15,23,27H,1H3/t23-/m1/s1. The van der Waals surface area contributed by atoms with Gasteiger partial charge in [-0.25, -0.2) is 9.37 Å². The highest BCUT2D eigenvalue weighted by Gasteiger charge is 2.36. The van der Waals surface area contributed by atoms with Gasteiger partial charge in [-0.05, 0) is 48.5 Å². The van der Waals surface area contributed by atoms with E-state index in [1.54, 1.807) is 29.2 Å². The van der Waals surface area contributed by atoms with E-state index in [1.165, 1.54) is 35.3 Å². The first kappa shape index (κ1) is 20.8. The fourth-order valence-corrected chi connectivity index (χ4v) is 4.74. The Bertz CT molecular complexity index is 1320. The second kappa shape index (κ2) is 8.48. The van der Waals surface area contributed by atoms with E-state index < -0.39 is 6.17 Å². The summed E-state index contributed by atoms with van der Waals surface area (Å²) in [5.74, 6) is -0.776. The number of anilines is 4. The summed E-state index contributed by atoms with van der Waals surface area (Å²) < 4.78 is 13.6. The van der Waals surface area contributed by atoms with Crippen molar-refractivity contribution in [2.45, 2.75) is 13.1 Å². The maximum Gasteiger partial charge on any atom is 0.262 e. The predicted molar refractivity (Wildman–Crippen MR) is 127 cm³/mol. The van der Waals surface area contributed by atoms with E-state index in [4.69, 9.17) is 4.98 Å². The van der Waals surface area contributed by atoms with Crippen LogP contribution in [0.25, 0.3) is 0 Å². The van der Waals surface area contributed by atoms with E-state index in [-0.39, 0.29) is 17.6 Å². The van der Waals surface area contributed by atoms with Crippen LogP contribution < -0.4 is 15.1 Å². The second-order valence-corrected chi connectivity index (χ2v) is 8.33. The summed E-state index contributed by atoms with van der Waals surface area (Å²) >= 11 is 1.31. The maximum atomic E-state index is 13.6. The minimum atomic E-state index is -0.632. The summed E-state index contributed by atoms with van der Waals surface area (Å²) in [5, 5.41) is 5.70. The molecule has 0 aliphatic carbocycles. The zero-order valence-corrected chi connectivity index (χ0v) is 18.4. The van der Waals surface area contributed by atoms with Crippen LogP contribution in [0.1, 0.15) is 29.1 Å². The highest BCUT2D eigenvalue weighted by Crippen LogP contribution is 2.38. The molecule has 8 heteroatoms. The van der Waals surface area contributed by atoms with Crippen molar-refractivity contribution < 1.29 is 14.0 Å². The van der Waals surface area contributed by atoms with Crippen LogP contribution in [0.3, 0.4) is 0 Å². The van der Waals surface area contributed by atoms with Crippen molar-refractivity contribution in [1.29, 1.82) is 0 Å². The molecule has 0 spiro atoms. The van der Waals surface area contributed by atoms with Crippen molar-refractivity contribution >= 4 is 45.3 Å². The van der Waals surface area contributed by atoms with Gasteiger partial charge >= 0.3 is 0 Å². The molecule has 1 aliphatic rings. The molecule has 1 aromatic heterocycles. The Morgan fingerprint density at radius 2 is 1.73 bits per heavy atom. The molecule has 2 heterocycles. The van der Waals surface area contributed by atoms with Crippen molar-refractivity contribution in [3.8, 4) is 0 Å². The van der Waals surface area contributed by atoms with Crippen molar-refractivity contribution in [2.75, 3.05) is 15.1 Å². The van der Waals surface area contributed by atoms with Gasteiger partial charge in [-0.2, -0.15) is 0 Å². The number of carbonyl (C=O) groups is 2. The number of aromatic nitrogens is 1. The van der Waals surface area contributed by atoms with E-state index in [0.717, 1.165) is 0 Å². The average Bonchev–Trinajstić information content (AvgIpc) is 3.30. The lowest BCUT2D eigenvalue weighted by Gasteiger charge is -2.37. The number of para-hydroxylation sites is 2. The molecular weight excluding hydrogens is 439 g/mol. The molecular formula is C25H19FN4O2S. The van der Waals surface area contributed by atoms with Crippen molar-refractivity contribution in [3.63, 3.8) is 0 Å². The number of carbonyl (C=O) groups excluding carboxylic acids is 2. The van der Waals surface area contributed by atoms with Crippen LogP contribution in [0.2, 0.25) is 0 Å². The Balaban J connectivity index is 1.58. The Hall–Kier alpha value is -4.04. The molecule has 33 heavy (non-hydrogen) atoms. The van der Waals surface area contributed by atoms with Crippen molar-refractivity contribution in [1.82, 2.24) is 4.98 Å². The first-order valence-electron chi connectivity index (χ1n) is 10.3. The average molecular weight is 459 g/mol. The van der Waals surface area contributed by atoms with E-state index in [2.05, 4.69) is 5.32 Å². The van der Waals surface area contributed by atoms with E-state index >= 15 is 0 Å². The molecule has 1 aliphatic heterocycles. The summed E-state index contributed by atoms with van der Waals surface area (Å²) in [6, 6.07) is 22.3. The lowest BCUT2D eigenvalue weighted by atomic mass is 10.1. The molecule has 164 valence electrons. The SMILES string of the molecule is CC(=O)N(c1ccccc1)c1nc([C@@H]2Nc3ccccc3C(=O)N2c2ccc(F)cc2)cs1. The smallest absolute Gasteiger partial charge is 0.262 e. The Kier molecular flexibility index (Phi) is 5.35. The molecule has 0 fully saturated rings. The molecule has 0 saturated carbocycles. The number of fused-ring (bicyclic) bond motifs is 1. The highest BCUT2D eigenvalue weighted by molar-refractivity contribution is 7.14. The second-order valence-electron chi connectivity index (χ2n) is 7.49. The highest BCUT2D eigenvalue weighted by atomic mass is 32.1. The van der Waals surface area contributed by atoms with Gasteiger partial charge in [0.05, 0.1) is 16.9 Å². The topological polar surface area (TPSA) is 65.5 Å². The lowest BCUT2D eigenvalue weighted by molar-refractivity contribution is -0.115. The normalized spacial score (nSPS) is 15.0. The quantitative estimate of drug-likeness (QED) is 0.424. The molecule has 0 unspecified atom stereocenters. The number of halogens is 1. The Labute approximate surface area is 193 Å². The van der Waals surface area contributed by atoms with E-state index in [0.29, 0.717) is 33.5 Å². The van der Waals surface area contributed by atoms with Gasteiger partial charge < -0.3 is 5.32 Å². The van der Waals surface area contributed by atoms with Crippen LogP contribution >= 0.6 is 11.3 Å². The van der Waals surface area contributed by atoms with Crippen LogP contribution in [0.4, 0.5) is 26.6 Å². The van der Waals surface area contributed by atoms with Crippen molar-refractivity contribution in [3.05, 3.63) is 101 Å². The first-order valence-corrected chi connectivity index (χ1v) is 11.2. The van der Waals surface area contributed by atoms with Crippen LogP contribution in [0.5, 0.6) is 0 Å². The molecule has 0 saturated heterocycles. The van der Waals surface area contributed by atoms with Gasteiger partial charge in [0.15, 0.2) is 11.3 Å². The zero-order chi connectivity index (χ0) is 22.9. The number of rotatable bonds is 4. The van der Waals surface area contributed by atoms with Crippen LogP contribution in [0, 0.1) is 5.82 Å². The lowest BCUT2D eigenvalue weighted by Crippen LogP contribution is -2.43. The summed E-state index contributed by atoms with van der Waals surface area (Å²) in [6.45, 7) is 1.48. The fourth-order valence-electron chi connectivity index (χ4n) is 3.84. The molecule has 1 atom stereocenters. The minimum absolute atomic E-state index is 0.171. The number of hydrogen-bond acceptors (Lipinski definition) is 5. The Morgan fingerprint density at radius 3 is 2.45 bits per heavy atom. The summed E-state index contributed by atoms with van der Waals surface area (Å²) in [6.07, 6.45) is -0.632. The molecule has 2 amide bonds. The van der Waals surface area contributed by atoms with Crippen LogP contribution in [-0.2, 0) is 4.79 Å². The molecule has 1 N–H and O–H groups in total. The molecule has 3 aromatic carbocycles. The van der Waals surface area contributed by atoms with Crippen LogP contribution in [-0.4, -0.2) is 16.8 Å².